The van der Waals surface area contributed by atoms with Gasteiger partial charge in [0.1, 0.15) is 5.75 Å². The van der Waals surface area contributed by atoms with E-state index in [0.29, 0.717) is 23.7 Å². The van der Waals surface area contributed by atoms with Gasteiger partial charge in [-0.1, -0.05) is 41.4 Å². The van der Waals surface area contributed by atoms with Gasteiger partial charge in [-0.25, -0.2) is 0 Å². The van der Waals surface area contributed by atoms with E-state index in [1.807, 2.05) is 31.2 Å². The summed E-state index contributed by atoms with van der Waals surface area (Å²) in [4.78, 5) is 0. The summed E-state index contributed by atoms with van der Waals surface area (Å²) < 4.78 is 0. The number of halogens is 1. The molecular formula is C16H18ClNO2. The largest absolute Gasteiger partial charge is 0.508 e. The number of nitrogens with one attached hydrogen (secondary N) is 1. The first-order valence-corrected chi connectivity index (χ1v) is 6.87. The molecule has 3 nitrogen and oxygen atoms in total. The number of aliphatic hydroxyl groups is 1. The SMILES string of the molecule is Cc1cccc(C(O)CNCc2cc(Cl)ccc2O)c1. The molecule has 106 valence electrons. The molecule has 0 fully saturated rings. The summed E-state index contributed by atoms with van der Waals surface area (Å²) in [7, 11) is 0. The van der Waals surface area contributed by atoms with E-state index in [-0.39, 0.29) is 5.75 Å². The Kier molecular flexibility index (Phi) is 5.01. The van der Waals surface area contributed by atoms with E-state index in [2.05, 4.69) is 5.32 Å². The highest BCUT2D eigenvalue weighted by molar-refractivity contribution is 6.30. The van der Waals surface area contributed by atoms with Crippen molar-refractivity contribution in [1.29, 1.82) is 0 Å². The van der Waals surface area contributed by atoms with E-state index in [9.17, 15) is 10.2 Å². The first-order valence-electron chi connectivity index (χ1n) is 6.49. The molecule has 0 amide bonds. The van der Waals surface area contributed by atoms with Gasteiger partial charge in [0.25, 0.3) is 0 Å². The molecule has 0 aliphatic carbocycles. The highest BCUT2D eigenvalue weighted by Crippen LogP contribution is 2.21. The van der Waals surface area contributed by atoms with Crippen molar-refractivity contribution >= 4 is 11.6 Å². The van der Waals surface area contributed by atoms with E-state index in [1.165, 1.54) is 0 Å². The standard InChI is InChI=1S/C16H18ClNO2/c1-11-3-2-4-12(7-11)16(20)10-18-9-13-8-14(17)5-6-15(13)19/h2-8,16,18-20H,9-10H2,1H3. The maximum absolute atomic E-state index is 10.1. The summed E-state index contributed by atoms with van der Waals surface area (Å²) in [6.45, 7) is 2.86. The second-order valence-electron chi connectivity index (χ2n) is 4.83. The summed E-state index contributed by atoms with van der Waals surface area (Å²) >= 11 is 5.88. The van der Waals surface area contributed by atoms with Crippen LogP contribution in [0.15, 0.2) is 42.5 Å². The first kappa shape index (κ1) is 14.9. The van der Waals surface area contributed by atoms with Gasteiger partial charge in [-0.3, -0.25) is 0 Å². The molecule has 1 atom stereocenters. The molecule has 0 aromatic heterocycles. The van der Waals surface area contributed by atoms with Crippen LogP contribution in [0.2, 0.25) is 5.02 Å². The Bertz CT molecular complexity index is 586. The van der Waals surface area contributed by atoms with E-state index in [0.717, 1.165) is 11.1 Å². The summed E-state index contributed by atoms with van der Waals surface area (Å²) in [6, 6.07) is 12.7. The lowest BCUT2D eigenvalue weighted by Crippen LogP contribution is -2.21. The van der Waals surface area contributed by atoms with Crippen molar-refractivity contribution in [2.45, 2.75) is 19.6 Å². The first-order chi connectivity index (χ1) is 9.56. The predicted octanol–water partition coefficient (Wildman–Crippen LogP) is 3.18. The zero-order valence-electron chi connectivity index (χ0n) is 11.3. The van der Waals surface area contributed by atoms with Gasteiger partial charge in [0.15, 0.2) is 0 Å². The van der Waals surface area contributed by atoms with Gasteiger partial charge in [0.2, 0.25) is 0 Å². The second kappa shape index (κ2) is 6.75. The molecule has 0 aliphatic rings. The van der Waals surface area contributed by atoms with E-state index in [1.54, 1.807) is 18.2 Å². The second-order valence-corrected chi connectivity index (χ2v) is 5.27. The number of aromatic hydroxyl groups is 1. The Morgan fingerprint density at radius 1 is 1.20 bits per heavy atom. The highest BCUT2D eigenvalue weighted by atomic mass is 35.5. The maximum Gasteiger partial charge on any atom is 0.120 e. The summed E-state index contributed by atoms with van der Waals surface area (Å²) in [5.41, 5.74) is 2.72. The zero-order chi connectivity index (χ0) is 14.5. The smallest absolute Gasteiger partial charge is 0.120 e. The Balaban J connectivity index is 1.91. The van der Waals surface area contributed by atoms with Crippen LogP contribution < -0.4 is 5.32 Å². The molecule has 2 rings (SSSR count). The summed E-state index contributed by atoms with van der Waals surface area (Å²) in [6.07, 6.45) is -0.573. The molecule has 3 N–H and O–H groups in total. The predicted molar refractivity (Wildman–Crippen MR) is 81.0 cm³/mol. The lowest BCUT2D eigenvalue weighted by atomic mass is 10.1. The van der Waals surface area contributed by atoms with Crippen LogP contribution in [0.5, 0.6) is 5.75 Å². The van der Waals surface area contributed by atoms with Crippen molar-refractivity contribution in [1.82, 2.24) is 5.32 Å². The third-order valence-electron chi connectivity index (χ3n) is 3.12. The Hall–Kier alpha value is -1.55. The summed E-state index contributed by atoms with van der Waals surface area (Å²) in [5.74, 6) is 0.201. The molecule has 2 aromatic carbocycles. The highest BCUT2D eigenvalue weighted by Gasteiger charge is 2.08. The Morgan fingerprint density at radius 3 is 2.75 bits per heavy atom. The quantitative estimate of drug-likeness (QED) is 0.793. The zero-order valence-corrected chi connectivity index (χ0v) is 12.1. The number of aliphatic hydroxyl groups excluding tert-OH is 1. The molecule has 0 saturated carbocycles. The van der Waals surface area contributed by atoms with Crippen LogP contribution in [0.4, 0.5) is 0 Å². The number of aryl methyl sites for hydroxylation is 1. The fraction of sp³-hybridized carbons (Fsp3) is 0.250. The molecule has 2 aromatic rings. The van der Waals surface area contributed by atoms with Crippen LogP contribution in [0, 0.1) is 6.92 Å². The molecule has 4 heteroatoms. The third kappa shape index (κ3) is 3.97. The normalized spacial score (nSPS) is 12.3. The lowest BCUT2D eigenvalue weighted by Gasteiger charge is -2.13. The van der Waals surface area contributed by atoms with Gasteiger partial charge < -0.3 is 15.5 Å². The Labute approximate surface area is 123 Å². The monoisotopic (exact) mass is 291 g/mol. The molecule has 0 saturated heterocycles. The minimum absolute atomic E-state index is 0.201. The van der Waals surface area contributed by atoms with Crippen molar-refractivity contribution in [3.05, 3.63) is 64.2 Å². The van der Waals surface area contributed by atoms with Gasteiger partial charge in [0, 0.05) is 23.7 Å². The van der Waals surface area contributed by atoms with Crippen LogP contribution >= 0.6 is 11.6 Å². The number of hydrogen-bond acceptors (Lipinski definition) is 3. The molecule has 20 heavy (non-hydrogen) atoms. The van der Waals surface area contributed by atoms with Crippen molar-refractivity contribution in [3.8, 4) is 5.75 Å². The van der Waals surface area contributed by atoms with Crippen LogP contribution in [0.25, 0.3) is 0 Å². The average Bonchev–Trinajstić information content (AvgIpc) is 2.42. The maximum atomic E-state index is 10.1. The van der Waals surface area contributed by atoms with Crippen LogP contribution in [-0.4, -0.2) is 16.8 Å². The van der Waals surface area contributed by atoms with E-state index in [4.69, 9.17) is 11.6 Å². The topological polar surface area (TPSA) is 52.5 Å². The molecule has 1 unspecified atom stereocenters. The number of rotatable bonds is 5. The van der Waals surface area contributed by atoms with Crippen molar-refractivity contribution in [2.24, 2.45) is 0 Å². The fourth-order valence-electron chi connectivity index (χ4n) is 2.03. The molecule has 0 spiro atoms. The average molecular weight is 292 g/mol. The third-order valence-corrected chi connectivity index (χ3v) is 3.36. The number of hydrogen-bond donors (Lipinski definition) is 3. The van der Waals surface area contributed by atoms with Crippen LogP contribution in [0.3, 0.4) is 0 Å². The molecule has 0 aliphatic heterocycles. The van der Waals surface area contributed by atoms with Gasteiger partial charge in [-0.05, 0) is 30.7 Å². The molecule has 0 bridgehead atoms. The van der Waals surface area contributed by atoms with Gasteiger partial charge in [-0.15, -0.1) is 0 Å². The number of phenolic OH excluding ortho intramolecular Hbond substituents is 1. The molecule has 0 heterocycles. The Morgan fingerprint density at radius 2 is 2.00 bits per heavy atom. The van der Waals surface area contributed by atoms with Crippen molar-refractivity contribution in [3.63, 3.8) is 0 Å². The minimum atomic E-state index is -0.573. The van der Waals surface area contributed by atoms with E-state index >= 15 is 0 Å². The minimum Gasteiger partial charge on any atom is -0.508 e. The summed E-state index contributed by atoms with van der Waals surface area (Å²) in [5, 5.41) is 23.5. The van der Waals surface area contributed by atoms with Crippen LogP contribution in [0.1, 0.15) is 22.8 Å². The van der Waals surface area contributed by atoms with Crippen molar-refractivity contribution in [2.75, 3.05) is 6.54 Å². The van der Waals surface area contributed by atoms with E-state index < -0.39 is 6.10 Å². The van der Waals surface area contributed by atoms with Crippen LogP contribution in [-0.2, 0) is 6.54 Å². The number of phenols is 1. The van der Waals surface area contributed by atoms with Gasteiger partial charge >= 0.3 is 0 Å². The molecular weight excluding hydrogens is 274 g/mol. The lowest BCUT2D eigenvalue weighted by molar-refractivity contribution is 0.174. The number of benzene rings is 2. The molecule has 0 radical (unpaired) electrons. The fourth-order valence-corrected chi connectivity index (χ4v) is 2.23. The van der Waals surface area contributed by atoms with Crippen molar-refractivity contribution < 1.29 is 10.2 Å². The van der Waals surface area contributed by atoms with Gasteiger partial charge in [0.05, 0.1) is 6.10 Å². The van der Waals surface area contributed by atoms with Gasteiger partial charge in [-0.2, -0.15) is 0 Å².